The number of benzene rings is 2. The number of thioether (sulfide) groups is 1. The monoisotopic (exact) mass is 485 g/mol. The van der Waals surface area contributed by atoms with Crippen LogP contribution in [0.15, 0.2) is 56.8 Å². The van der Waals surface area contributed by atoms with Crippen molar-refractivity contribution in [1.82, 2.24) is 5.32 Å². The SMILES string of the molecule is CCC(=O)Oc1ccc(N=C2NC(=O)C(=Cc3cc(Br)ccc3OCC#N)S2)cc1. The minimum Gasteiger partial charge on any atom is -0.478 e. The molecule has 0 spiro atoms. The third-order valence-electron chi connectivity index (χ3n) is 3.79. The number of nitriles is 1. The van der Waals surface area contributed by atoms with Crippen LogP contribution < -0.4 is 14.8 Å². The molecule has 1 amide bonds. The van der Waals surface area contributed by atoms with Crippen molar-refractivity contribution in [2.75, 3.05) is 6.61 Å². The van der Waals surface area contributed by atoms with Gasteiger partial charge in [0.1, 0.15) is 17.6 Å². The molecule has 0 unspecified atom stereocenters. The second-order valence-electron chi connectivity index (χ2n) is 5.93. The predicted octanol–water partition coefficient (Wildman–Crippen LogP) is 4.56. The van der Waals surface area contributed by atoms with Gasteiger partial charge in [-0.2, -0.15) is 5.26 Å². The van der Waals surface area contributed by atoms with E-state index < -0.39 is 0 Å². The fraction of sp³-hybridized carbons (Fsp3) is 0.143. The number of aliphatic imine (C=N–C) groups is 1. The molecule has 1 N–H and O–H groups in total. The average Bonchev–Trinajstić information content (AvgIpc) is 3.07. The Morgan fingerprint density at radius 2 is 2.07 bits per heavy atom. The molecule has 0 bridgehead atoms. The molecular formula is C21H16BrN3O4S. The molecule has 2 aromatic rings. The van der Waals surface area contributed by atoms with E-state index in [4.69, 9.17) is 14.7 Å². The lowest BCUT2D eigenvalue weighted by Gasteiger charge is -2.07. The lowest BCUT2D eigenvalue weighted by atomic mass is 10.2. The van der Waals surface area contributed by atoms with Gasteiger partial charge in [0.2, 0.25) is 0 Å². The second kappa shape index (κ2) is 10.1. The van der Waals surface area contributed by atoms with E-state index in [1.165, 1.54) is 11.8 Å². The van der Waals surface area contributed by atoms with Gasteiger partial charge in [-0.3, -0.25) is 9.59 Å². The molecular weight excluding hydrogens is 470 g/mol. The van der Waals surface area contributed by atoms with E-state index >= 15 is 0 Å². The lowest BCUT2D eigenvalue weighted by molar-refractivity contribution is -0.134. The van der Waals surface area contributed by atoms with E-state index in [2.05, 4.69) is 26.2 Å². The van der Waals surface area contributed by atoms with Gasteiger partial charge in [0, 0.05) is 16.5 Å². The first-order valence-electron chi connectivity index (χ1n) is 8.88. The number of nitrogens with one attached hydrogen (secondary N) is 1. The summed E-state index contributed by atoms with van der Waals surface area (Å²) in [4.78, 5) is 28.5. The molecule has 7 nitrogen and oxygen atoms in total. The number of amidine groups is 1. The number of nitrogens with zero attached hydrogens (tertiary/aromatic N) is 2. The second-order valence-corrected chi connectivity index (χ2v) is 7.88. The molecule has 0 aromatic heterocycles. The maximum Gasteiger partial charge on any atom is 0.310 e. The van der Waals surface area contributed by atoms with Crippen molar-refractivity contribution in [1.29, 1.82) is 5.26 Å². The minimum absolute atomic E-state index is 0.0899. The number of ether oxygens (including phenoxy) is 2. The first-order valence-corrected chi connectivity index (χ1v) is 10.5. The molecule has 1 fully saturated rings. The van der Waals surface area contributed by atoms with Gasteiger partial charge in [-0.1, -0.05) is 22.9 Å². The van der Waals surface area contributed by atoms with Crippen LogP contribution in [0.4, 0.5) is 5.69 Å². The zero-order valence-corrected chi connectivity index (χ0v) is 18.2. The topological polar surface area (TPSA) is 101 Å². The van der Waals surface area contributed by atoms with E-state index in [1.54, 1.807) is 55.5 Å². The van der Waals surface area contributed by atoms with E-state index in [0.29, 0.717) is 39.2 Å². The Hall–Kier alpha value is -3.09. The number of hydrogen-bond donors (Lipinski definition) is 1. The standard InChI is InChI=1S/C21H16BrN3O4S/c1-2-19(26)29-16-6-4-15(5-7-16)24-21-25-20(27)18(30-21)12-13-11-14(22)3-8-17(13)28-10-9-23/h3-8,11-12H,2,10H2,1H3,(H,24,25,27). The summed E-state index contributed by atoms with van der Waals surface area (Å²) in [6.07, 6.45) is 1.98. The molecule has 0 saturated carbocycles. The molecule has 152 valence electrons. The zero-order chi connectivity index (χ0) is 21.5. The highest BCUT2D eigenvalue weighted by atomic mass is 79.9. The molecule has 1 aliphatic rings. The fourth-order valence-corrected chi connectivity index (χ4v) is 3.62. The van der Waals surface area contributed by atoms with Crippen molar-refractivity contribution >= 4 is 56.5 Å². The number of carbonyl (C=O) groups excluding carboxylic acids is 2. The number of rotatable bonds is 6. The fourth-order valence-electron chi connectivity index (χ4n) is 2.40. The molecule has 1 saturated heterocycles. The largest absolute Gasteiger partial charge is 0.478 e. The maximum absolute atomic E-state index is 12.4. The molecule has 0 aliphatic carbocycles. The van der Waals surface area contributed by atoms with E-state index in [-0.39, 0.29) is 18.5 Å². The average molecular weight is 486 g/mol. The van der Waals surface area contributed by atoms with Crippen molar-refractivity contribution in [3.05, 3.63) is 57.4 Å². The van der Waals surface area contributed by atoms with Gasteiger partial charge in [-0.25, -0.2) is 4.99 Å². The van der Waals surface area contributed by atoms with Crippen LogP contribution in [-0.2, 0) is 9.59 Å². The van der Waals surface area contributed by atoms with Crippen LogP contribution in [0, 0.1) is 11.3 Å². The van der Waals surface area contributed by atoms with Gasteiger partial charge >= 0.3 is 5.97 Å². The number of esters is 1. The van der Waals surface area contributed by atoms with Crippen molar-refractivity contribution in [2.24, 2.45) is 4.99 Å². The molecule has 9 heteroatoms. The van der Waals surface area contributed by atoms with Crippen molar-refractivity contribution in [2.45, 2.75) is 13.3 Å². The van der Waals surface area contributed by atoms with Gasteiger partial charge in [-0.15, -0.1) is 0 Å². The van der Waals surface area contributed by atoms with Gasteiger partial charge in [0.15, 0.2) is 11.8 Å². The zero-order valence-electron chi connectivity index (χ0n) is 15.8. The number of halogens is 1. The summed E-state index contributed by atoms with van der Waals surface area (Å²) < 4.78 is 11.4. The summed E-state index contributed by atoms with van der Waals surface area (Å²) in [5, 5.41) is 11.9. The number of hydrogen-bond acceptors (Lipinski definition) is 7. The van der Waals surface area contributed by atoms with Crippen LogP contribution in [0.25, 0.3) is 6.08 Å². The van der Waals surface area contributed by atoms with Crippen molar-refractivity contribution in [3.8, 4) is 17.6 Å². The molecule has 2 aromatic carbocycles. The molecule has 3 rings (SSSR count). The molecule has 1 aliphatic heterocycles. The third-order valence-corrected chi connectivity index (χ3v) is 5.19. The summed E-state index contributed by atoms with van der Waals surface area (Å²) >= 11 is 4.59. The highest BCUT2D eigenvalue weighted by molar-refractivity contribution is 9.10. The van der Waals surface area contributed by atoms with Crippen LogP contribution in [0.3, 0.4) is 0 Å². The Bertz CT molecular complexity index is 1070. The number of carbonyl (C=O) groups is 2. The van der Waals surface area contributed by atoms with Crippen LogP contribution in [0.5, 0.6) is 11.5 Å². The van der Waals surface area contributed by atoms with E-state index in [9.17, 15) is 9.59 Å². The smallest absolute Gasteiger partial charge is 0.310 e. The minimum atomic E-state index is -0.312. The summed E-state index contributed by atoms with van der Waals surface area (Å²) in [5.74, 6) is 0.351. The summed E-state index contributed by atoms with van der Waals surface area (Å²) in [6.45, 7) is 1.63. The van der Waals surface area contributed by atoms with Gasteiger partial charge in [0.25, 0.3) is 5.91 Å². The first-order chi connectivity index (χ1) is 14.5. The van der Waals surface area contributed by atoms with Gasteiger partial charge < -0.3 is 14.8 Å². The third kappa shape index (κ3) is 5.72. The lowest BCUT2D eigenvalue weighted by Crippen LogP contribution is -2.19. The molecule has 0 atom stereocenters. The van der Waals surface area contributed by atoms with Crippen molar-refractivity contribution in [3.63, 3.8) is 0 Å². The van der Waals surface area contributed by atoms with Gasteiger partial charge in [-0.05, 0) is 60.3 Å². The molecule has 30 heavy (non-hydrogen) atoms. The quantitative estimate of drug-likeness (QED) is 0.365. The normalized spacial score (nSPS) is 15.7. The summed E-state index contributed by atoms with van der Waals surface area (Å²) in [6, 6.07) is 13.9. The van der Waals surface area contributed by atoms with Crippen molar-refractivity contribution < 1.29 is 19.1 Å². The highest BCUT2D eigenvalue weighted by Gasteiger charge is 2.24. The predicted molar refractivity (Wildman–Crippen MR) is 118 cm³/mol. The Kier molecular flexibility index (Phi) is 7.27. The Morgan fingerprint density at radius 3 is 2.77 bits per heavy atom. The van der Waals surface area contributed by atoms with Crippen LogP contribution in [-0.4, -0.2) is 23.7 Å². The molecule has 0 radical (unpaired) electrons. The van der Waals surface area contributed by atoms with Gasteiger partial charge in [0.05, 0.1) is 10.6 Å². The van der Waals surface area contributed by atoms with Crippen LogP contribution in [0.2, 0.25) is 0 Å². The number of amides is 1. The van der Waals surface area contributed by atoms with Crippen LogP contribution >= 0.6 is 27.7 Å². The van der Waals surface area contributed by atoms with E-state index in [0.717, 1.165) is 4.47 Å². The van der Waals surface area contributed by atoms with E-state index in [1.807, 2.05) is 6.07 Å². The Balaban J connectivity index is 1.77. The summed E-state index contributed by atoms with van der Waals surface area (Å²) in [5.41, 5.74) is 1.27. The first kappa shape index (κ1) is 21.6. The summed E-state index contributed by atoms with van der Waals surface area (Å²) in [7, 11) is 0. The van der Waals surface area contributed by atoms with Crippen LogP contribution in [0.1, 0.15) is 18.9 Å². The highest BCUT2D eigenvalue weighted by Crippen LogP contribution is 2.32. The molecule has 1 heterocycles. The maximum atomic E-state index is 12.4. The Labute approximate surface area is 185 Å². The Morgan fingerprint density at radius 1 is 1.30 bits per heavy atom.